The minimum Gasteiger partial charge on any atom is -0.419 e. The van der Waals surface area contributed by atoms with E-state index in [2.05, 4.69) is 20.3 Å². The average molecular weight is 374 g/mol. The normalized spacial score (nSPS) is 18.4. The summed E-state index contributed by atoms with van der Waals surface area (Å²) in [7, 11) is -3.67. The molecule has 1 saturated heterocycles. The smallest absolute Gasteiger partial charge is 0.249 e. The fraction of sp³-hybridized carbons (Fsp3) is 0.375. The van der Waals surface area contributed by atoms with Gasteiger partial charge in [-0.2, -0.15) is 9.40 Å². The van der Waals surface area contributed by atoms with E-state index in [1.807, 2.05) is 13.0 Å². The summed E-state index contributed by atoms with van der Waals surface area (Å²) in [5.41, 5.74) is 0.697. The Morgan fingerprint density at radius 1 is 1.31 bits per heavy atom. The fourth-order valence-electron chi connectivity index (χ4n) is 3.04. The van der Waals surface area contributed by atoms with Crippen LogP contribution >= 0.6 is 0 Å². The monoisotopic (exact) mass is 374 g/mol. The van der Waals surface area contributed by atoms with Crippen LogP contribution in [0.2, 0.25) is 0 Å². The second-order valence-electron chi connectivity index (χ2n) is 5.99. The number of pyridine rings is 1. The van der Waals surface area contributed by atoms with Gasteiger partial charge in [0.05, 0.1) is 11.8 Å². The molecule has 136 valence electrons. The van der Waals surface area contributed by atoms with Crippen LogP contribution in [-0.2, 0) is 16.6 Å². The van der Waals surface area contributed by atoms with E-state index in [0.717, 1.165) is 6.42 Å². The Hall–Kier alpha value is -2.59. The van der Waals surface area contributed by atoms with E-state index in [1.165, 1.54) is 10.5 Å². The lowest BCUT2D eigenvalue weighted by molar-refractivity contribution is 0.332. The topological polar surface area (TPSA) is 107 Å². The van der Waals surface area contributed by atoms with Gasteiger partial charge in [0.2, 0.25) is 21.8 Å². The lowest BCUT2D eigenvalue weighted by atomic mass is 10.2. The van der Waals surface area contributed by atoms with Crippen LogP contribution < -0.4 is 0 Å². The molecule has 0 radical (unpaired) electrons. The Kier molecular flexibility index (Phi) is 4.29. The van der Waals surface area contributed by atoms with Crippen LogP contribution in [-0.4, -0.2) is 44.2 Å². The van der Waals surface area contributed by atoms with Gasteiger partial charge in [0.1, 0.15) is 10.9 Å². The van der Waals surface area contributed by atoms with Gasteiger partial charge in [0.25, 0.3) is 0 Å². The lowest BCUT2D eigenvalue weighted by Crippen LogP contribution is -2.30. The van der Waals surface area contributed by atoms with Crippen molar-refractivity contribution in [1.82, 2.24) is 29.3 Å². The molecule has 0 saturated carbocycles. The Bertz CT molecular complexity index is 998. The van der Waals surface area contributed by atoms with Crippen LogP contribution in [0.4, 0.5) is 0 Å². The zero-order valence-corrected chi connectivity index (χ0v) is 15.0. The third-order valence-corrected chi connectivity index (χ3v) is 6.24. The molecule has 1 aliphatic heterocycles. The van der Waals surface area contributed by atoms with Crippen molar-refractivity contribution in [1.29, 1.82) is 0 Å². The number of hydrogen-bond acceptors (Lipinski definition) is 7. The van der Waals surface area contributed by atoms with Gasteiger partial charge in [0, 0.05) is 31.7 Å². The van der Waals surface area contributed by atoms with Gasteiger partial charge in [-0.05, 0) is 31.9 Å². The van der Waals surface area contributed by atoms with E-state index < -0.39 is 16.1 Å². The van der Waals surface area contributed by atoms with E-state index in [1.54, 1.807) is 29.3 Å². The highest BCUT2D eigenvalue weighted by Gasteiger charge is 2.39. The molecule has 0 amide bonds. The van der Waals surface area contributed by atoms with Gasteiger partial charge in [-0.25, -0.2) is 8.42 Å². The van der Waals surface area contributed by atoms with Gasteiger partial charge < -0.3 is 4.42 Å². The molecule has 0 aliphatic carbocycles. The zero-order valence-electron chi connectivity index (χ0n) is 14.2. The summed E-state index contributed by atoms with van der Waals surface area (Å²) in [5.74, 6) is 0.629. The molecule has 0 spiro atoms. The van der Waals surface area contributed by atoms with Crippen LogP contribution in [0.1, 0.15) is 31.7 Å². The maximum Gasteiger partial charge on any atom is 0.249 e. The number of rotatable bonds is 5. The molecular weight excluding hydrogens is 356 g/mol. The molecule has 1 aliphatic rings. The third-order valence-electron chi connectivity index (χ3n) is 4.38. The molecule has 9 nitrogen and oxygen atoms in total. The lowest BCUT2D eigenvalue weighted by Gasteiger charge is -2.20. The first-order chi connectivity index (χ1) is 12.6. The first-order valence-electron chi connectivity index (χ1n) is 8.37. The molecule has 0 N–H and O–H groups in total. The van der Waals surface area contributed by atoms with Crippen molar-refractivity contribution in [3.8, 4) is 11.5 Å². The number of aromatic nitrogens is 5. The first kappa shape index (κ1) is 16.9. The minimum absolute atomic E-state index is 0.179. The van der Waals surface area contributed by atoms with Crippen LogP contribution in [0, 0.1) is 0 Å². The summed E-state index contributed by atoms with van der Waals surface area (Å²) < 4.78 is 34.8. The highest BCUT2D eigenvalue weighted by Crippen LogP contribution is 2.36. The molecule has 3 aromatic heterocycles. The Labute approximate surface area is 150 Å². The predicted molar refractivity (Wildman–Crippen MR) is 91.3 cm³/mol. The zero-order chi connectivity index (χ0) is 18.1. The molecule has 0 bridgehead atoms. The van der Waals surface area contributed by atoms with Crippen molar-refractivity contribution in [3.05, 3.63) is 42.8 Å². The highest BCUT2D eigenvalue weighted by atomic mass is 32.2. The molecule has 3 aromatic rings. The molecule has 1 atom stereocenters. The summed E-state index contributed by atoms with van der Waals surface area (Å²) in [4.78, 5) is 4.21. The van der Waals surface area contributed by atoms with E-state index >= 15 is 0 Å². The van der Waals surface area contributed by atoms with Gasteiger partial charge in [-0.15, -0.1) is 10.2 Å². The van der Waals surface area contributed by atoms with Crippen molar-refractivity contribution in [3.63, 3.8) is 0 Å². The van der Waals surface area contributed by atoms with Crippen molar-refractivity contribution in [2.45, 2.75) is 37.2 Å². The molecular formula is C16H18N6O3S. The quantitative estimate of drug-likeness (QED) is 0.671. The average Bonchev–Trinajstić information content (AvgIpc) is 3.41. The van der Waals surface area contributed by atoms with E-state index in [-0.39, 0.29) is 4.90 Å². The standard InChI is InChI=1S/C16H18N6O3S/c1-2-21-11-13(10-18-21)26(23,24)22-8-4-6-14(22)16-20-19-15(25-16)12-5-3-7-17-9-12/h3,5,7,9-11,14H,2,4,6,8H2,1H3. The molecule has 1 unspecified atom stereocenters. The second-order valence-corrected chi connectivity index (χ2v) is 7.88. The molecule has 4 heterocycles. The summed E-state index contributed by atoms with van der Waals surface area (Å²) >= 11 is 0. The van der Waals surface area contributed by atoms with Crippen molar-refractivity contribution in [2.75, 3.05) is 6.54 Å². The van der Waals surface area contributed by atoms with Gasteiger partial charge in [-0.1, -0.05) is 0 Å². The Balaban J connectivity index is 1.64. The highest BCUT2D eigenvalue weighted by molar-refractivity contribution is 7.89. The minimum atomic E-state index is -3.67. The summed E-state index contributed by atoms with van der Waals surface area (Å²) in [6.45, 7) is 2.92. The van der Waals surface area contributed by atoms with Crippen LogP contribution in [0.25, 0.3) is 11.5 Å². The predicted octanol–water partition coefficient (Wildman–Crippen LogP) is 1.87. The number of hydrogen-bond donors (Lipinski definition) is 0. The maximum atomic E-state index is 13.0. The summed E-state index contributed by atoms with van der Waals surface area (Å²) in [5, 5.41) is 12.2. The second kappa shape index (κ2) is 6.61. The molecule has 10 heteroatoms. The Morgan fingerprint density at radius 2 is 2.19 bits per heavy atom. The van der Waals surface area contributed by atoms with Crippen molar-refractivity contribution in [2.24, 2.45) is 0 Å². The van der Waals surface area contributed by atoms with E-state index in [9.17, 15) is 8.42 Å². The van der Waals surface area contributed by atoms with Crippen molar-refractivity contribution >= 4 is 10.0 Å². The van der Waals surface area contributed by atoms with E-state index in [4.69, 9.17) is 4.42 Å². The molecule has 0 aromatic carbocycles. The number of nitrogens with zero attached hydrogens (tertiary/aromatic N) is 6. The van der Waals surface area contributed by atoms with Gasteiger partial charge in [-0.3, -0.25) is 9.67 Å². The number of aryl methyl sites for hydroxylation is 1. The summed E-state index contributed by atoms with van der Waals surface area (Å²) in [6.07, 6.45) is 7.57. The molecule has 4 rings (SSSR count). The van der Waals surface area contributed by atoms with Crippen LogP contribution in [0.15, 0.2) is 46.2 Å². The first-order valence-corrected chi connectivity index (χ1v) is 9.81. The Morgan fingerprint density at radius 3 is 2.92 bits per heavy atom. The summed E-state index contributed by atoms with van der Waals surface area (Å²) in [6, 6.07) is 3.12. The van der Waals surface area contributed by atoms with Gasteiger partial charge in [0.15, 0.2) is 0 Å². The number of sulfonamides is 1. The fourth-order valence-corrected chi connectivity index (χ4v) is 4.64. The third kappa shape index (κ3) is 2.90. The van der Waals surface area contributed by atoms with Crippen molar-refractivity contribution < 1.29 is 12.8 Å². The SMILES string of the molecule is CCn1cc(S(=O)(=O)N2CCCC2c2nnc(-c3cccnc3)o2)cn1. The van der Waals surface area contributed by atoms with E-state index in [0.29, 0.717) is 36.9 Å². The molecule has 1 fully saturated rings. The largest absolute Gasteiger partial charge is 0.419 e. The van der Waals surface area contributed by atoms with Gasteiger partial charge >= 0.3 is 0 Å². The molecule has 26 heavy (non-hydrogen) atoms. The maximum absolute atomic E-state index is 13.0. The van der Waals surface area contributed by atoms with Crippen LogP contribution in [0.3, 0.4) is 0 Å². The van der Waals surface area contributed by atoms with Crippen LogP contribution in [0.5, 0.6) is 0 Å².